The van der Waals surface area contributed by atoms with Gasteiger partial charge in [-0.3, -0.25) is 0 Å². The van der Waals surface area contributed by atoms with E-state index in [1.54, 1.807) is 0 Å². The summed E-state index contributed by atoms with van der Waals surface area (Å²) in [6.07, 6.45) is 0. The third-order valence-electron chi connectivity index (χ3n) is 5.32. The third kappa shape index (κ3) is 3.76. The molecular formula is C26H19FN2O2. The smallest absolute Gasteiger partial charge is 0.337 e. The number of benzene rings is 3. The number of carbonyl (C=O) groups is 1. The molecule has 0 saturated heterocycles. The number of nitrogens with zero attached hydrogens (tertiary/aromatic N) is 2. The highest BCUT2D eigenvalue weighted by molar-refractivity contribution is 6.06. The van der Waals surface area contributed by atoms with Crippen molar-refractivity contribution in [2.75, 3.05) is 0 Å². The fourth-order valence-corrected chi connectivity index (χ4v) is 3.67. The van der Waals surface area contributed by atoms with Crippen LogP contribution in [0.25, 0.3) is 33.3 Å². The molecular weight excluding hydrogens is 391 g/mol. The van der Waals surface area contributed by atoms with Crippen LogP contribution in [0, 0.1) is 17.1 Å². The van der Waals surface area contributed by atoms with Crippen LogP contribution in [-0.4, -0.2) is 16.1 Å². The Bertz CT molecular complexity index is 1350. The second-order valence-electron chi connectivity index (χ2n) is 7.65. The number of pyridine rings is 1. The average Bonchev–Trinajstić information content (AvgIpc) is 2.77. The molecule has 0 bridgehead atoms. The summed E-state index contributed by atoms with van der Waals surface area (Å²) in [6.45, 7) is 4.28. The van der Waals surface area contributed by atoms with Gasteiger partial charge < -0.3 is 5.11 Å². The average molecular weight is 410 g/mol. The van der Waals surface area contributed by atoms with Gasteiger partial charge in [0.25, 0.3) is 0 Å². The minimum absolute atomic E-state index is 0.0832. The van der Waals surface area contributed by atoms with E-state index >= 15 is 0 Å². The van der Waals surface area contributed by atoms with E-state index in [1.165, 1.54) is 17.7 Å². The number of aromatic carboxylic acids is 1. The molecule has 1 heterocycles. The molecule has 0 aliphatic carbocycles. The topological polar surface area (TPSA) is 74.0 Å². The summed E-state index contributed by atoms with van der Waals surface area (Å²) < 4.78 is 13.7. The highest BCUT2D eigenvalue weighted by Crippen LogP contribution is 2.32. The van der Waals surface area contributed by atoms with Crippen LogP contribution in [0.2, 0.25) is 0 Å². The maximum absolute atomic E-state index is 13.7. The number of hydrogen-bond donors (Lipinski definition) is 1. The molecule has 1 N–H and O–H groups in total. The molecule has 0 aliphatic heterocycles. The molecule has 0 spiro atoms. The molecule has 3 aromatic carbocycles. The van der Waals surface area contributed by atoms with E-state index in [0.29, 0.717) is 17.0 Å². The number of nitriles is 1. The summed E-state index contributed by atoms with van der Waals surface area (Å²) >= 11 is 0. The molecule has 0 fully saturated rings. The van der Waals surface area contributed by atoms with Crippen molar-refractivity contribution in [2.24, 2.45) is 0 Å². The maximum atomic E-state index is 13.7. The Kier molecular flexibility index (Phi) is 5.22. The lowest BCUT2D eigenvalue weighted by molar-refractivity contribution is 0.0698. The monoisotopic (exact) mass is 410 g/mol. The van der Waals surface area contributed by atoms with Crippen LogP contribution in [0.15, 0.2) is 66.7 Å². The third-order valence-corrected chi connectivity index (χ3v) is 5.32. The Hall–Kier alpha value is -4.04. The van der Waals surface area contributed by atoms with E-state index in [4.69, 9.17) is 0 Å². The second kappa shape index (κ2) is 8.00. The van der Waals surface area contributed by atoms with Crippen molar-refractivity contribution in [3.05, 3.63) is 89.2 Å². The lowest BCUT2D eigenvalue weighted by atomic mass is 9.94. The van der Waals surface area contributed by atoms with Gasteiger partial charge >= 0.3 is 5.97 Å². The highest BCUT2D eigenvalue weighted by Gasteiger charge is 2.21. The first-order valence-electron chi connectivity index (χ1n) is 9.86. The molecule has 4 aromatic rings. The number of fused-ring (bicyclic) bond motifs is 1. The van der Waals surface area contributed by atoms with Gasteiger partial charge in [-0.25, -0.2) is 14.2 Å². The van der Waals surface area contributed by atoms with Crippen LogP contribution >= 0.6 is 0 Å². The van der Waals surface area contributed by atoms with E-state index in [0.717, 1.165) is 17.2 Å². The molecule has 0 amide bonds. The number of aromatic nitrogens is 1. The van der Waals surface area contributed by atoms with Crippen molar-refractivity contribution >= 4 is 16.9 Å². The summed E-state index contributed by atoms with van der Waals surface area (Å²) in [5.41, 5.74) is 4.20. The van der Waals surface area contributed by atoms with Crippen molar-refractivity contribution in [3.8, 4) is 28.5 Å². The molecule has 31 heavy (non-hydrogen) atoms. The van der Waals surface area contributed by atoms with Gasteiger partial charge in [0, 0.05) is 10.9 Å². The van der Waals surface area contributed by atoms with Crippen molar-refractivity contribution < 1.29 is 14.3 Å². The van der Waals surface area contributed by atoms with Crippen LogP contribution in [0.3, 0.4) is 0 Å². The minimum Gasteiger partial charge on any atom is -0.478 e. The van der Waals surface area contributed by atoms with Crippen LogP contribution in [0.1, 0.15) is 41.3 Å². The van der Waals surface area contributed by atoms with Crippen LogP contribution < -0.4 is 0 Å². The molecule has 0 radical (unpaired) electrons. The van der Waals surface area contributed by atoms with Gasteiger partial charge in [0.2, 0.25) is 0 Å². The predicted octanol–water partition coefficient (Wildman–Crippen LogP) is 6.40. The number of halogens is 1. The van der Waals surface area contributed by atoms with Gasteiger partial charge in [-0.2, -0.15) is 5.26 Å². The maximum Gasteiger partial charge on any atom is 0.337 e. The molecule has 0 atom stereocenters. The lowest BCUT2D eigenvalue weighted by Gasteiger charge is -2.12. The Morgan fingerprint density at radius 3 is 2.35 bits per heavy atom. The Morgan fingerprint density at radius 1 is 1.00 bits per heavy atom. The van der Waals surface area contributed by atoms with Gasteiger partial charge in [-0.1, -0.05) is 62.4 Å². The van der Waals surface area contributed by atoms with E-state index in [9.17, 15) is 19.6 Å². The van der Waals surface area contributed by atoms with Crippen molar-refractivity contribution in [3.63, 3.8) is 0 Å². The molecule has 0 aliphatic rings. The van der Waals surface area contributed by atoms with Gasteiger partial charge in [0.15, 0.2) is 0 Å². The van der Waals surface area contributed by atoms with Crippen molar-refractivity contribution in [1.82, 2.24) is 4.98 Å². The van der Waals surface area contributed by atoms with Crippen molar-refractivity contribution in [1.29, 1.82) is 5.26 Å². The number of carboxylic acid groups (broad SMARTS) is 1. The Morgan fingerprint density at radius 2 is 1.71 bits per heavy atom. The number of rotatable bonds is 4. The van der Waals surface area contributed by atoms with Gasteiger partial charge in [-0.05, 0) is 40.8 Å². The fourth-order valence-electron chi connectivity index (χ4n) is 3.67. The zero-order chi connectivity index (χ0) is 22.1. The summed E-state index contributed by atoms with van der Waals surface area (Å²) in [6, 6.07) is 21.5. The van der Waals surface area contributed by atoms with Crippen LogP contribution in [0.5, 0.6) is 0 Å². The first kappa shape index (κ1) is 20.2. The highest BCUT2D eigenvalue weighted by atomic mass is 19.1. The zero-order valence-electron chi connectivity index (χ0n) is 17.1. The summed E-state index contributed by atoms with van der Waals surface area (Å²) in [4.78, 5) is 16.4. The molecule has 152 valence electrons. The molecule has 4 rings (SSSR count). The molecule has 1 aromatic heterocycles. The molecule has 4 nitrogen and oxygen atoms in total. The van der Waals surface area contributed by atoms with Gasteiger partial charge in [0.05, 0.1) is 22.3 Å². The fraction of sp³-hybridized carbons (Fsp3) is 0.115. The Balaban J connectivity index is 1.86. The quantitative estimate of drug-likeness (QED) is 0.422. The zero-order valence-corrected chi connectivity index (χ0v) is 17.1. The van der Waals surface area contributed by atoms with E-state index in [-0.39, 0.29) is 22.2 Å². The van der Waals surface area contributed by atoms with Crippen LogP contribution in [-0.2, 0) is 0 Å². The summed E-state index contributed by atoms with van der Waals surface area (Å²) in [5, 5.41) is 19.5. The molecule has 0 saturated carbocycles. The first-order valence-corrected chi connectivity index (χ1v) is 9.86. The number of carboxylic acids is 1. The predicted molar refractivity (Wildman–Crippen MR) is 118 cm³/mol. The SMILES string of the molecule is CC(C)c1cccc(-c2ccc(-c3nc4ccc(F)cc4c(C(=O)O)c3C#N)cc2)c1. The summed E-state index contributed by atoms with van der Waals surface area (Å²) in [7, 11) is 0. The van der Waals surface area contributed by atoms with Gasteiger partial charge in [0.1, 0.15) is 11.9 Å². The van der Waals surface area contributed by atoms with E-state index in [1.807, 2.05) is 42.5 Å². The standard InChI is InChI=1S/C26H19FN2O2/c1-15(2)18-4-3-5-19(12-18)16-6-8-17(9-7-16)25-22(14-28)24(26(30)31)21-13-20(27)10-11-23(21)29-25/h3-13,15H,1-2H3,(H,30,31). The normalized spacial score (nSPS) is 10.9. The number of hydrogen-bond acceptors (Lipinski definition) is 3. The second-order valence-corrected chi connectivity index (χ2v) is 7.65. The largest absolute Gasteiger partial charge is 0.478 e. The molecule has 0 unspecified atom stereocenters. The van der Waals surface area contributed by atoms with E-state index < -0.39 is 11.8 Å². The summed E-state index contributed by atoms with van der Waals surface area (Å²) in [5.74, 6) is -1.46. The van der Waals surface area contributed by atoms with Gasteiger partial charge in [-0.15, -0.1) is 0 Å². The van der Waals surface area contributed by atoms with E-state index in [2.05, 4.69) is 31.0 Å². The van der Waals surface area contributed by atoms with Crippen LogP contribution in [0.4, 0.5) is 4.39 Å². The van der Waals surface area contributed by atoms with Crippen molar-refractivity contribution in [2.45, 2.75) is 19.8 Å². The molecule has 5 heteroatoms. The first-order chi connectivity index (χ1) is 14.9. The minimum atomic E-state index is -1.29. The lowest BCUT2D eigenvalue weighted by Crippen LogP contribution is -2.06. The Labute approximate surface area is 179 Å².